The molecule has 0 aromatic heterocycles. The highest BCUT2D eigenvalue weighted by Crippen LogP contribution is 2.24. The second kappa shape index (κ2) is 8.59. The molecule has 0 bridgehead atoms. The number of nitrogens with one attached hydrogen (secondary N) is 1. The molecular weight excluding hydrogens is 304 g/mol. The van der Waals surface area contributed by atoms with Gasteiger partial charge in [-0.2, -0.15) is 5.26 Å². The normalized spacial score (nSPS) is 11.2. The fourth-order valence-corrected chi connectivity index (χ4v) is 2.27. The number of benzene rings is 2. The van der Waals surface area contributed by atoms with Crippen LogP contribution in [0.25, 0.3) is 0 Å². The number of carbonyl (C=O) groups excluding carboxylic acids is 1. The third-order valence-corrected chi connectivity index (χ3v) is 3.52. The van der Waals surface area contributed by atoms with E-state index < -0.39 is 5.92 Å². The van der Waals surface area contributed by atoms with Gasteiger partial charge in [-0.1, -0.05) is 24.3 Å². The van der Waals surface area contributed by atoms with Crippen molar-refractivity contribution in [3.63, 3.8) is 0 Å². The van der Waals surface area contributed by atoms with Gasteiger partial charge in [-0.3, -0.25) is 4.79 Å². The van der Waals surface area contributed by atoms with E-state index in [0.717, 1.165) is 11.3 Å². The maximum absolute atomic E-state index is 12.4. The van der Waals surface area contributed by atoms with Gasteiger partial charge in [0.15, 0.2) is 0 Å². The van der Waals surface area contributed by atoms with Gasteiger partial charge in [0.2, 0.25) is 5.91 Å². The Kier molecular flexibility index (Phi) is 6.21. The van der Waals surface area contributed by atoms with Crippen LogP contribution in [0.15, 0.2) is 48.5 Å². The number of anilines is 1. The molecule has 2 aromatic carbocycles. The summed E-state index contributed by atoms with van der Waals surface area (Å²) >= 11 is 0. The van der Waals surface area contributed by atoms with Gasteiger partial charge < -0.3 is 14.8 Å². The summed E-state index contributed by atoms with van der Waals surface area (Å²) in [6.07, 6.45) is 0.336. The Morgan fingerprint density at radius 1 is 1.21 bits per heavy atom. The number of hydrogen-bond donors (Lipinski definition) is 1. The van der Waals surface area contributed by atoms with E-state index in [2.05, 4.69) is 11.4 Å². The third kappa shape index (κ3) is 4.50. The van der Waals surface area contributed by atoms with Crippen LogP contribution in [0.1, 0.15) is 12.5 Å². The Hall–Kier alpha value is -3.00. The topological polar surface area (TPSA) is 71.3 Å². The van der Waals surface area contributed by atoms with Gasteiger partial charge in [0.25, 0.3) is 0 Å². The molecule has 0 aliphatic rings. The van der Waals surface area contributed by atoms with Crippen LogP contribution in [-0.2, 0) is 11.2 Å². The van der Waals surface area contributed by atoms with Crippen LogP contribution in [-0.4, -0.2) is 19.6 Å². The molecule has 5 nitrogen and oxygen atoms in total. The predicted octanol–water partition coefficient (Wildman–Crippen LogP) is 3.41. The van der Waals surface area contributed by atoms with Crippen molar-refractivity contribution in [3.05, 3.63) is 54.1 Å². The van der Waals surface area contributed by atoms with E-state index in [1.165, 1.54) is 0 Å². The van der Waals surface area contributed by atoms with Crippen LogP contribution in [0.5, 0.6) is 11.5 Å². The molecule has 124 valence electrons. The van der Waals surface area contributed by atoms with E-state index in [1.807, 2.05) is 43.3 Å². The summed E-state index contributed by atoms with van der Waals surface area (Å²) in [6, 6.07) is 16.6. The Balaban J connectivity index is 2.07. The largest absolute Gasteiger partial charge is 0.497 e. The lowest BCUT2D eigenvalue weighted by atomic mass is 9.99. The molecule has 0 spiro atoms. The molecule has 0 radical (unpaired) electrons. The third-order valence-electron chi connectivity index (χ3n) is 3.52. The van der Waals surface area contributed by atoms with Crippen molar-refractivity contribution in [2.45, 2.75) is 13.3 Å². The number of nitrogens with zero attached hydrogens (tertiary/aromatic N) is 1. The molecule has 0 fully saturated rings. The van der Waals surface area contributed by atoms with Crippen LogP contribution in [0, 0.1) is 17.2 Å². The zero-order valence-corrected chi connectivity index (χ0v) is 13.8. The van der Waals surface area contributed by atoms with Gasteiger partial charge >= 0.3 is 0 Å². The highest BCUT2D eigenvalue weighted by atomic mass is 16.5. The van der Waals surface area contributed by atoms with Crippen molar-refractivity contribution in [2.24, 2.45) is 5.92 Å². The standard InChI is InChI=1S/C19H20N2O3/c1-3-24-18-7-5-4-6-17(18)21-19(22)15(13-20)12-14-8-10-16(23-2)11-9-14/h4-11,15H,3,12H2,1-2H3,(H,21,22)/t15-/m1/s1. The van der Waals surface area contributed by atoms with Crippen molar-refractivity contribution in [3.8, 4) is 17.6 Å². The number of nitriles is 1. The minimum atomic E-state index is -0.784. The molecule has 2 rings (SSSR count). The van der Waals surface area contributed by atoms with E-state index in [4.69, 9.17) is 9.47 Å². The molecule has 0 saturated heterocycles. The number of rotatable bonds is 7. The Morgan fingerprint density at radius 3 is 2.54 bits per heavy atom. The zero-order valence-electron chi connectivity index (χ0n) is 13.8. The Labute approximate surface area is 141 Å². The summed E-state index contributed by atoms with van der Waals surface area (Å²) in [5.74, 6) is 0.199. The first-order valence-corrected chi connectivity index (χ1v) is 7.73. The highest BCUT2D eigenvalue weighted by molar-refractivity contribution is 5.95. The minimum absolute atomic E-state index is 0.336. The SMILES string of the molecule is CCOc1ccccc1NC(=O)[C@@H](C#N)Cc1ccc(OC)cc1. The number of ether oxygens (including phenoxy) is 2. The lowest BCUT2D eigenvalue weighted by Crippen LogP contribution is -2.23. The van der Waals surface area contributed by atoms with E-state index in [1.54, 1.807) is 19.2 Å². The number of carbonyl (C=O) groups is 1. The molecule has 5 heteroatoms. The van der Waals surface area contributed by atoms with E-state index in [-0.39, 0.29) is 5.91 Å². The molecular formula is C19H20N2O3. The van der Waals surface area contributed by atoms with Crippen LogP contribution in [0.4, 0.5) is 5.69 Å². The molecule has 0 aliphatic heterocycles. The van der Waals surface area contributed by atoms with Gasteiger partial charge in [-0.15, -0.1) is 0 Å². The van der Waals surface area contributed by atoms with Gasteiger partial charge in [-0.25, -0.2) is 0 Å². The van der Waals surface area contributed by atoms with Gasteiger partial charge in [0, 0.05) is 0 Å². The second-order valence-electron chi connectivity index (χ2n) is 5.15. The maximum atomic E-state index is 12.4. The number of amides is 1. The van der Waals surface area contributed by atoms with E-state index in [0.29, 0.717) is 24.5 Å². The fraction of sp³-hybridized carbons (Fsp3) is 0.263. The molecule has 1 atom stereocenters. The molecule has 24 heavy (non-hydrogen) atoms. The van der Waals surface area contributed by atoms with Gasteiger partial charge in [0.05, 0.1) is 25.5 Å². The molecule has 0 unspecified atom stereocenters. The second-order valence-corrected chi connectivity index (χ2v) is 5.15. The number of methoxy groups -OCH3 is 1. The maximum Gasteiger partial charge on any atom is 0.242 e. The predicted molar refractivity (Wildman–Crippen MR) is 92.0 cm³/mol. The van der Waals surface area contributed by atoms with E-state index in [9.17, 15) is 10.1 Å². The summed E-state index contributed by atoms with van der Waals surface area (Å²) < 4.78 is 10.6. The van der Waals surface area contributed by atoms with E-state index >= 15 is 0 Å². The van der Waals surface area contributed by atoms with Gasteiger partial charge in [0.1, 0.15) is 17.4 Å². The van der Waals surface area contributed by atoms with Crippen molar-refractivity contribution >= 4 is 11.6 Å². The first-order valence-electron chi connectivity index (χ1n) is 7.73. The van der Waals surface area contributed by atoms with Crippen LogP contribution in [0.2, 0.25) is 0 Å². The first-order chi connectivity index (χ1) is 11.7. The fourth-order valence-electron chi connectivity index (χ4n) is 2.27. The lowest BCUT2D eigenvalue weighted by molar-refractivity contribution is -0.118. The Bertz CT molecular complexity index is 720. The molecule has 2 aromatic rings. The molecule has 0 aliphatic carbocycles. The summed E-state index contributed by atoms with van der Waals surface area (Å²) in [6.45, 7) is 2.38. The molecule has 0 heterocycles. The zero-order chi connectivity index (χ0) is 17.4. The summed E-state index contributed by atoms with van der Waals surface area (Å²) in [5.41, 5.74) is 1.47. The first kappa shape index (κ1) is 17.4. The average molecular weight is 324 g/mol. The quantitative estimate of drug-likeness (QED) is 0.847. The Morgan fingerprint density at radius 2 is 1.92 bits per heavy atom. The average Bonchev–Trinajstić information content (AvgIpc) is 2.62. The molecule has 1 amide bonds. The monoisotopic (exact) mass is 324 g/mol. The van der Waals surface area contributed by atoms with Crippen LogP contribution < -0.4 is 14.8 Å². The highest BCUT2D eigenvalue weighted by Gasteiger charge is 2.20. The number of para-hydroxylation sites is 2. The van der Waals surface area contributed by atoms with Crippen molar-refractivity contribution < 1.29 is 14.3 Å². The van der Waals surface area contributed by atoms with Gasteiger partial charge in [-0.05, 0) is 43.2 Å². The summed E-state index contributed by atoms with van der Waals surface area (Å²) in [5, 5.41) is 12.1. The van der Waals surface area contributed by atoms with Crippen LogP contribution >= 0.6 is 0 Å². The smallest absolute Gasteiger partial charge is 0.242 e. The molecule has 1 N–H and O–H groups in total. The van der Waals surface area contributed by atoms with Crippen LogP contribution in [0.3, 0.4) is 0 Å². The lowest BCUT2D eigenvalue weighted by Gasteiger charge is -2.14. The van der Waals surface area contributed by atoms with Crippen molar-refractivity contribution in [1.29, 1.82) is 5.26 Å². The van der Waals surface area contributed by atoms with Crippen molar-refractivity contribution in [2.75, 3.05) is 19.0 Å². The van der Waals surface area contributed by atoms with Crippen molar-refractivity contribution in [1.82, 2.24) is 0 Å². The molecule has 0 saturated carbocycles. The summed E-state index contributed by atoms with van der Waals surface area (Å²) in [4.78, 5) is 12.4. The number of hydrogen-bond acceptors (Lipinski definition) is 4. The summed E-state index contributed by atoms with van der Waals surface area (Å²) in [7, 11) is 1.59. The minimum Gasteiger partial charge on any atom is -0.497 e.